The Labute approximate surface area is 63.7 Å². The fraction of sp³-hybridized carbons (Fsp3) is 0.778. The van der Waals surface area contributed by atoms with Crippen molar-refractivity contribution in [3.63, 3.8) is 0 Å². The Morgan fingerprint density at radius 3 is 1.90 bits per heavy atom. The maximum absolute atomic E-state index is 2.44. The van der Waals surface area contributed by atoms with Crippen LogP contribution in [0.15, 0.2) is 12.2 Å². The van der Waals surface area contributed by atoms with Crippen molar-refractivity contribution in [1.82, 2.24) is 4.90 Å². The van der Waals surface area contributed by atoms with Crippen molar-refractivity contribution in [1.29, 1.82) is 0 Å². The van der Waals surface area contributed by atoms with Gasteiger partial charge in [0.05, 0.1) is 0 Å². The summed E-state index contributed by atoms with van der Waals surface area (Å²) in [5.41, 5.74) is 0. The van der Waals surface area contributed by atoms with Gasteiger partial charge < -0.3 is 4.90 Å². The maximum atomic E-state index is 2.44. The van der Waals surface area contributed by atoms with E-state index in [1.54, 1.807) is 0 Å². The van der Waals surface area contributed by atoms with E-state index in [2.05, 4.69) is 37.9 Å². The summed E-state index contributed by atoms with van der Waals surface area (Å²) in [5, 5.41) is 0. The lowest BCUT2D eigenvalue weighted by Crippen LogP contribution is -2.35. The van der Waals surface area contributed by atoms with E-state index in [1.165, 1.54) is 12.8 Å². The van der Waals surface area contributed by atoms with E-state index in [-0.39, 0.29) is 0 Å². The lowest BCUT2D eigenvalue weighted by molar-refractivity contribution is 0.203. The van der Waals surface area contributed by atoms with Crippen molar-refractivity contribution in [3.8, 4) is 0 Å². The second-order valence-electron chi connectivity index (χ2n) is 3.31. The van der Waals surface area contributed by atoms with Crippen molar-refractivity contribution in [2.75, 3.05) is 7.05 Å². The monoisotopic (exact) mass is 139 g/mol. The van der Waals surface area contributed by atoms with E-state index in [4.69, 9.17) is 0 Å². The molecule has 0 amide bonds. The van der Waals surface area contributed by atoms with E-state index in [0.29, 0.717) is 12.1 Å². The van der Waals surface area contributed by atoms with E-state index in [9.17, 15) is 0 Å². The molecule has 0 saturated heterocycles. The van der Waals surface area contributed by atoms with Crippen molar-refractivity contribution in [3.05, 3.63) is 12.2 Å². The number of hydrogen-bond acceptors (Lipinski definition) is 1. The molecule has 1 heterocycles. The molecule has 0 aromatic heterocycles. The summed E-state index contributed by atoms with van der Waals surface area (Å²) in [6.07, 6.45) is 7.01. The number of hydrogen-bond donors (Lipinski definition) is 0. The van der Waals surface area contributed by atoms with E-state index < -0.39 is 0 Å². The molecule has 0 radical (unpaired) electrons. The van der Waals surface area contributed by atoms with Gasteiger partial charge in [-0.3, -0.25) is 0 Å². The summed E-state index contributed by atoms with van der Waals surface area (Å²) in [7, 11) is 2.21. The highest BCUT2D eigenvalue weighted by Crippen LogP contribution is 2.13. The first-order valence-electron chi connectivity index (χ1n) is 4.08. The molecule has 0 spiro atoms. The molecule has 0 aromatic rings. The van der Waals surface area contributed by atoms with Crippen LogP contribution in [-0.2, 0) is 0 Å². The third-order valence-electron chi connectivity index (χ3n) is 2.51. The third-order valence-corrected chi connectivity index (χ3v) is 2.51. The molecular weight excluding hydrogens is 122 g/mol. The summed E-state index contributed by atoms with van der Waals surface area (Å²) >= 11 is 0. The molecule has 1 heteroatoms. The molecular formula is C9H17N. The van der Waals surface area contributed by atoms with Crippen LogP contribution in [0.25, 0.3) is 0 Å². The molecule has 1 aliphatic rings. The Morgan fingerprint density at radius 1 is 1.10 bits per heavy atom. The SMILES string of the molecule is CC1CC=CCC(C)N1C. The number of nitrogens with zero attached hydrogens (tertiary/aromatic N) is 1. The van der Waals surface area contributed by atoms with Crippen LogP contribution in [0.3, 0.4) is 0 Å². The zero-order chi connectivity index (χ0) is 7.56. The van der Waals surface area contributed by atoms with Crippen LogP contribution >= 0.6 is 0 Å². The Morgan fingerprint density at radius 2 is 1.50 bits per heavy atom. The molecule has 1 nitrogen and oxygen atoms in total. The molecule has 0 saturated carbocycles. The van der Waals surface area contributed by atoms with Crippen molar-refractivity contribution in [2.24, 2.45) is 0 Å². The van der Waals surface area contributed by atoms with Crippen LogP contribution in [0.5, 0.6) is 0 Å². The van der Waals surface area contributed by atoms with Crippen LogP contribution in [0.4, 0.5) is 0 Å². The average Bonchev–Trinajstić information content (AvgIpc) is 2.04. The first-order valence-corrected chi connectivity index (χ1v) is 4.08. The molecule has 1 aliphatic heterocycles. The van der Waals surface area contributed by atoms with Gasteiger partial charge in [-0.2, -0.15) is 0 Å². The third kappa shape index (κ3) is 1.60. The summed E-state index contributed by atoms with van der Waals surface area (Å²) < 4.78 is 0. The minimum Gasteiger partial charge on any atom is -0.300 e. The Hall–Kier alpha value is -0.300. The van der Waals surface area contributed by atoms with Gasteiger partial charge in [-0.1, -0.05) is 12.2 Å². The normalized spacial score (nSPS) is 35.9. The second kappa shape index (κ2) is 3.20. The summed E-state index contributed by atoms with van der Waals surface area (Å²) in [6, 6.07) is 1.43. The molecule has 2 atom stereocenters. The largest absolute Gasteiger partial charge is 0.300 e. The van der Waals surface area contributed by atoms with Gasteiger partial charge in [0.1, 0.15) is 0 Å². The summed E-state index contributed by atoms with van der Waals surface area (Å²) in [4.78, 5) is 2.44. The van der Waals surface area contributed by atoms with Gasteiger partial charge >= 0.3 is 0 Å². The van der Waals surface area contributed by atoms with Crippen molar-refractivity contribution >= 4 is 0 Å². The highest BCUT2D eigenvalue weighted by molar-refractivity contribution is 4.93. The Kier molecular flexibility index (Phi) is 2.50. The predicted octanol–water partition coefficient (Wildman–Crippen LogP) is 2.05. The van der Waals surface area contributed by atoms with E-state index in [1.807, 2.05) is 0 Å². The van der Waals surface area contributed by atoms with Gasteiger partial charge in [0.15, 0.2) is 0 Å². The first-order chi connectivity index (χ1) is 4.72. The van der Waals surface area contributed by atoms with Crippen LogP contribution in [0.1, 0.15) is 26.7 Å². The smallest absolute Gasteiger partial charge is 0.0101 e. The molecule has 2 unspecified atom stereocenters. The molecule has 0 fully saturated rings. The van der Waals surface area contributed by atoms with Gasteiger partial charge in [-0.05, 0) is 33.7 Å². The minimum absolute atomic E-state index is 0.716. The summed E-state index contributed by atoms with van der Waals surface area (Å²) in [6.45, 7) is 4.57. The van der Waals surface area contributed by atoms with E-state index in [0.717, 1.165) is 0 Å². The highest BCUT2D eigenvalue weighted by atomic mass is 15.1. The van der Waals surface area contributed by atoms with Crippen LogP contribution in [-0.4, -0.2) is 24.0 Å². The predicted molar refractivity (Wildman–Crippen MR) is 45.1 cm³/mol. The number of rotatable bonds is 0. The summed E-state index contributed by atoms with van der Waals surface area (Å²) in [5.74, 6) is 0. The zero-order valence-corrected chi connectivity index (χ0v) is 7.17. The van der Waals surface area contributed by atoms with Crippen LogP contribution in [0, 0.1) is 0 Å². The molecule has 58 valence electrons. The van der Waals surface area contributed by atoms with Crippen molar-refractivity contribution in [2.45, 2.75) is 38.8 Å². The van der Waals surface area contributed by atoms with Crippen LogP contribution in [0.2, 0.25) is 0 Å². The fourth-order valence-corrected chi connectivity index (χ4v) is 1.35. The molecule has 1 rings (SSSR count). The van der Waals surface area contributed by atoms with Gasteiger partial charge in [0, 0.05) is 12.1 Å². The van der Waals surface area contributed by atoms with Gasteiger partial charge in [-0.25, -0.2) is 0 Å². The topological polar surface area (TPSA) is 3.24 Å². The highest BCUT2D eigenvalue weighted by Gasteiger charge is 2.15. The molecule has 0 aromatic carbocycles. The molecule has 0 aliphatic carbocycles. The lowest BCUT2D eigenvalue weighted by atomic mass is 10.2. The fourth-order valence-electron chi connectivity index (χ4n) is 1.35. The quantitative estimate of drug-likeness (QED) is 0.464. The van der Waals surface area contributed by atoms with Gasteiger partial charge in [0.25, 0.3) is 0 Å². The van der Waals surface area contributed by atoms with E-state index >= 15 is 0 Å². The van der Waals surface area contributed by atoms with Gasteiger partial charge in [-0.15, -0.1) is 0 Å². The lowest BCUT2D eigenvalue weighted by Gasteiger charge is -2.27. The molecule has 0 bridgehead atoms. The zero-order valence-electron chi connectivity index (χ0n) is 7.17. The average molecular weight is 139 g/mol. The molecule has 10 heavy (non-hydrogen) atoms. The van der Waals surface area contributed by atoms with Gasteiger partial charge in [0.2, 0.25) is 0 Å². The first kappa shape index (κ1) is 7.80. The minimum atomic E-state index is 0.716. The standard InChI is InChI=1S/C9H17N/c1-8-6-4-5-7-9(2)10(8)3/h4-5,8-9H,6-7H2,1-3H3. The molecule has 0 N–H and O–H groups in total. The Bertz CT molecular complexity index is 115. The second-order valence-corrected chi connectivity index (χ2v) is 3.31. The Balaban J connectivity index is 2.56. The van der Waals surface area contributed by atoms with Crippen LogP contribution < -0.4 is 0 Å². The van der Waals surface area contributed by atoms with Crippen molar-refractivity contribution < 1.29 is 0 Å². The maximum Gasteiger partial charge on any atom is 0.0101 e.